The summed E-state index contributed by atoms with van der Waals surface area (Å²) in [5, 5.41) is 5.53. The third kappa shape index (κ3) is 3.61. The Hall–Kier alpha value is -2.27. The molecule has 1 heterocycles. The molecule has 1 amide bonds. The van der Waals surface area contributed by atoms with Gasteiger partial charge in [-0.3, -0.25) is 9.59 Å². The van der Waals surface area contributed by atoms with Gasteiger partial charge in [0.05, 0.1) is 16.4 Å². The van der Waals surface area contributed by atoms with E-state index in [4.69, 9.17) is 0 Å². The van der Waals surface area contributed by atoms with Gasteiger partial charge in [0.1, 0.15) is 0 Å². The van der Waals surface area contributed by atoms with Crippen molar-refractivity contribution in [1.29, 1.82) is 0 Å². The van der Waals surface area contributed by atoms with Gasteiger partial charge in [-0.15, -0.1) is 11.3 Å². The molecule has 2 aromatic rings. The number of carbonyl (C=O) groups excluding carboxylic acids is 2. The Labute approximate surface area is 121 Å². The Kier molecular flexibility index (Phi) is 4.42. The molecule has 102 valence electrons. The lowest BCUT2D eigenvalue weighted by Crippen LogP contribution is -2.11. The van der Waals surface area contributed by atoms with Gasteiger partial charge in [-0.05, 0) is 32.1 Å². The van der Waals surface area contributed by atoms with Gasteiger partial charge in [-0.1, -0.05) is 12.1 Å². The standard InChI is InChI=1S/C15H14N2O2S/c1-10(18)13-5-3-4-6-14(13)17-15(19)8-7-12-9-20-11(2)16-12/h3-9H,1-2H3,(H,17,19)/b8-7+. The van der Waals surface area contributed by atoms with E-state index in [1.807, 2.05) is 12.3 Å². The summed E-state index contributed by atoms with van der Waals surface area (Å²) in [6, 6.07) is 6.93. The van der Waals surface area contributed by atoms with Gasteiger partial charge in [0.25, 0.3) is 0 Å². The van der Waals surface area contributed by atoms with Gasteiger partial charge in [0.15, 0.2) is 5.78 Å². The van der Waals surface area contributed by atoms with E-state index in [1.165, 1.54) is 24.3 Å². The minimum Gasteiger partial charge on any atom is -0.322 e. The van der Waals surface area contributed by atoms with Gasteiger partial charge in [0.2, 0.25) is 5.91 Å². The quantitative estimate of drug-likeness (QED) is 0.693. The molecule has 0 aliphatic rings. The Morgan fingerprint density at radius 2 is 2.05 bits per heavy atom. The molecule has 0 saturated heterocycles. The Bertz CT molecular complexity index is 674. The molecular weight excluding hydrogens is 272 g/mol. The summed E-state index contributed by atoms with van der Waals surface area (Å²) in [7, 11) is 0. The topological polar surface area (TPSA) is 59.1 Å². The van der Waals surface area contributed by atoms with Crippen LogP contribution in [-0.2, 0) is 4.79 Å². The van der Waals surface area contributed by atoms with Crippen molar-refractivity contribution in [3.05, 3.63) is 52.0 Å². The first-order valence-electron chi connectivity index (χ1n) is 6.07. The second-order valence-corrected chi connectivity index (χ2v) is 5.28. The van der Waals surface area contributed by atoms with Gasteiger partial charge in [0, 0.05) is 17.0 Å². The molecule has 0 atom stereocenters. The average Bonchev–Trinajstić information content (AvgIpc) is 2.83. The van der Waals surface area contributed by atoms with Crippen LogP contribution in [0.15, 0.2) is 35.7 Å². The number of hydrogen-bond acceptors (Lipinski definition) is 4. The van der Waals surface area contributed by atoms with Crippen LogP contribution in [0.3, 0.4) is 0 Å². The van der Waals surface area contributed by atoms with Crippen LogP contribution in [0.2, 0.25) is 0 Å². The smallest absolute Gasteiger partial charge is 0.248 e. The number of ketones is 1. The second kappa shape index (κ2) is 6.25. The maximum atomic E-state index is 11.8. The third-order valence-electron chi connectivity index (χ3n) is 2.61. The molecule has 0 aliphatic carbocycles. The maximum Gasteiger partial charge on any atom is 0.248 e. The lowest BCUT2D eigenvalue weighted by Gasteiger charge is -2.06. The lowest BCUT2D eigenvalue weighted by molar-refractivity contribution is -0.111. The van der Waals surface area contributed by atoms with Gasteiger partial charge >= 0.3 is 0 Å². The number of Topliss-reactive ketones (excluding diaryl/α,β-unsaturated/α-hetero) is 1. The first kappa shape index (κ1) is 14.1. The number of aromatic nitrogens is 1. The second-order valence-electron chi connectivity index (χ2n) is 4.22. The molecule has 5 heteroatoms. The monoisotopic (exact) mass is 286 g/mol. The predicted molar refractivity (Wildman–Crippen MR) is 81.0 cm³/mol. The number of thiazole rings is 1. The summed E-state index contributed by atoms with van der Waals surface area (Å²) >= 11 is 1.53. The normalized spacial score (nSPS) is 10.7. The van der Waals surface area contributed by atoms with Crippen molar-refractivity contribution in [2.24, 2.45) is 0 Å². The minimum atomic E-state index is -0.288. The highest BCUT2D eigenvalue weighted by Crippen LogP contribution is 2.15. The largest absolute Gasteiger partial charge is 0.322 e. The first-order chi connectivity index (χ1) is 9.56. The number of rotatable bonds is 4. The highest BCUT2D eigenvalue weighted by molar-refractivity contribution is 7.09. The van der Waals surface area contributed by atoms with Crippen molar-refractivity contribution >= 4 is 34.8 Å². The molecule has 0 unspecified atom stereocenters. The summed E-state index contributed by atoms with van der Waals surface area (Å²) < 4.78 is 0. The molecule has 1 aromatic carbocycles. The molecule has 4 nitrogen and oxygen atoms in total. The zero-order chi connectivity index (χ0) is 14.5. The predicted octanol–water partition coefficient (Wildman–Crippen LogP) is 3.31. The number of aryl methyl sites for hydroxylation is 1. The maximum absolute atomic E-state index is 11.8. The van der Waals surface area contributed by atoms with E-state index >= 15 is 0 Å². The summed E-state index contributed by atoms with van der Waals surface area (Å²) in [5.41, 5.74) is 1.77. The number of hydrogen-bond donors (Lipinski definition) is 1. The van der Waals surface area contributed by atoms with Crippen molar-refractivity contribution in [2.45, 2.75) is 13.8 Å². The van der Waals surface area contributed by atoms with Crippen molar-refractivity contribution in [1.82, 2.24) is 4.98 Å². The third-order valence-corrected chi connectivity index (χ3v) is 3.40. The van der Waals surface area contributed by atoms with Crippen molar-refractivity contribution in [2.75, 3.05) is 5.32 Å². The molecule has 20 heavy (non-hydrogen) atoms. The summed E-state index contributed by atoms with van der Waals surface area (Å²) in [6.45, 7) is 3.38. The molecule has 0 radical (unpaired) electrons. The fraction of sp³-hybridized carbons (Fsp3) is 0.133. The van der Waals surface area contributed by atoms with Crippen LogP contribution in [0.5, 0.6) is 0 Å². The highest BCUT2D eigenvalue weighted by Gasteiger charge is 2.07. The van der Waals surface area contributed by atoms with Crippen LogP contribution in [-0.4, -0.2) is 16.7 Å². The van der Waals surface area contributed by atoms with E-state index in [9.17, 15) is 9.59 Å². The molecule has 0 saturated carbocycles. The van der Waals surface area contributed by atoms with E-state index < -0.39 is 0 Å². The van der Waals surface area contributed by atoms with Crippen LogP contribution in [0.25, 0.3) is 6.08 Å². The Morgan fingerprint density at radius 3 is 2.70 bits per heavy atom. The van der Waals surface area contributed by atoms with Crippen molar-refractivity contribution < 1.29 is 9.59 Å². The van der Waals surface area contributed by atoms with Gasteiger partial charge < -0.3 is 5.32 Å². The molecular formula is C15H14N2O2S. The lowest BCUT2D eigenvalue weighted by atomic mass is 10.1. The fourth-order valence-electron chi connectivity index (χ4n) is 1.69. The minimum absolute atomic E-state index is 0.0833. The van der Waals surface area contributed by atoms with Crippen LogP contribution in [0.1, 0.15) is 28.0 Å². The number of carbonyl (C=O) groups is 2. The van der Waals surface area contributed by atoms with E-state index in [0.717, 1.165) is 10.7 Å². The van der Waals surface area contributed by atoms with Crippen LogP contribution in [0.4, 0.5) is 5.69 Å². The van der Waals surface area contributed by atoms with E-state index in [-0.39, 0.29) is 11.7 Å². The van der Waals surface area contributed by atoms with Crippen LogP contribution < -0.4 is 5.32 Å². The Morgan fingerprint density at radius 1 is 1.30 bits per heavy atom. The zero-order valence-corrected chi connectivity index (χ0v) is 12.0. The molecule has 0 bridgehead atoms. The van der Waals surface area contributed by atoms with E-state index in [0.29, 0.717) is 11.3 Å². The number of para-hydroxylation sites is 1. The van der Waals surface area contributed by atoms with Gasteiger partial charge in [-0.2, -0.15) is 0 Å². The van der Waals surface area contributed by atoms with E-state index in [1.54, 1.807) is 30.3 Å². The summed E-state index contributed by atoms with van der Waals surface area (Å²) in [5.74, 6) is -0.371. The number of nitrogens with zero attached hydrogens (tertiary/aromatic N) is 1. The van der Waals surface area contributed by atoms with Gasteiger partial charge in [-0.25, -0.2) is 4.98 Å². The van der Waals surface area contributed by atoms with Crippen molar-refractivity contribution in [3.63, 3.8) is 0 Å². The fourth-order valence-corrected chi connectivity index (χ4v) is 2.27. The summed E-state index contributed by atoms with van der Waals surface area (Å²) in [4.78, 5) is 27.5. The summed E-state index contributed by atoms with van der Waals surface area (Å²) in [6.07, 6.45) is 3.06. The molecule has 2 rings (SSSR count). The molecule has 0 aliphatic heterocycles. The number of amides is 1. The van der Waals surface area contributed by atoms with Crippen LogP contribution in [0, 0.1) is 6.92 Å². The highest BCUT2D eigenvalue weighted by atomic mass is 32.1. The Balaban J connectivity index is 2.09. The first-order valence-corrected chi connectivity index (χ1v) is 6.95. The number of nitrogens with one attached hydrogen (secondary N) is 1. The van der Waals surface area contributed by atoms with Crippen LogP contribution >= 0.6 is 11.3 Å². The molecule has 0 spiro atoms. The molecule has 0 fully saturated rings. The SMILES string of the molecule is CC(=O)c1ccccc1NC(=O)/C=C/c1csc(C)n1. The molecule has 1 N–H and O–H groups in total. The van der Waals surface area contributed by atoms with E-state index in [2.05, 4.69) is 10.3 Å². The zero-order valence-electron chi connectivity index (χ0n) is 11.2. The number of benzene rings is 1. The van der Waals surface area contributed by atoms with Crippen molar-refractivity contribution in [3.8, 4) is 0 Å². The molecule has 1 aromatic heterocycles. The number of anilines is 1. The average molecular weight is 286 g/mol.